The number of hydrogen-bond acceptors (Lipinski definition) is 4. The quantitative estimate of drug-likeness (QED) is 0.757. The van der Waals surface area contributed by atoms with Gasteiger partial charge in [0.15, 0.2) is 9.84 Å². The molecule has 8 heteroatoms. The van der Waals surface area contributed by atoms with E-state index in [-0.39, 0.29) is 29.2 Å². The van der Waals surface area contributed by atoms with Crippen molar-refractivity contribution in [2.45, 2.75) is 25.9 Å². The summed E-state index contributed by atoms with van der Waals surface area (Å²) < 4.78 is 26.1. The average Bonchev–Trinajstić information content (AvgIpc) is 3.06. The maximum absolute atomic E-state index is 12.9. The summed E-state index contributed by atoms with van der Waals surface area (Å²) in [5.74, 6) is -0.550. The van der Waals surface area contributed by atoms with E-state index in [2.05, 4.69) is 0 Å². The molecule has 0 bridgehead atoms. The minimum Gasteiger partial charge on any atom is -0.347 e. The molecule has 0 radical (unpaired) electrons. The fourth-order valence-electron chi connectivity index (χ4n) is 3.64. The van der Waals surface area contributed by atoms with Gasteiger partial charge in [-0.1, -0.05) is 13.8 Å². The molecule has 7 nitrogen and oxygen atoms in total. The molecule has 2 fully saturated rings. The largest absolute Gasteiger partial charge is 0.347 e. The van der Waals surface area contributed by atoms with Gasteiger partial charge in [-0.2, -0.15) is 0 Å². The summed E-state index contributed by atoms with van der Waals surface area (Å²) in [6, 6.07) is 2.61. The summed E-state index contributed by atoms with van der Waals surface area (Å²) in [4.78, 5) is 28.6. The average molecular weight is 353 g/mol. The molecule has 2 aliphatic heterocycles. The van der Waals surface area contributed by atoms with Gasteiger partial charge >= 0.3 is 0 Å². The minimum atomic E-state index is -3.26. The number of sulfone groups is 1. The van der Waals surface area contributed by atoms with E-state index in [1.165, 1.54) is 0 Å². The number of aryl methyl sites for hydroxylation is 1. The van der Waals surface area contributed by atoms with Crippen molar-refractivity contribution in [3.05, 3.63) is 24.0 Å². The highest BCUT2D eigenvalue weighted by Gasteiger charge is 2.49. The Labute approximate surface area is 142 Å². The predicted octanol–water partition coefficient (Wildman–Crippen LogP) is 0.131. The van der Waals surface area contributed by atoms with Crippen molar-refractivity contribution >= 4 is 21.7 Å². The van der Waals surface area contributed by atoms with Crippen LogP contribution in [0.15, 0.2) is 18.3 Å². The molecule has 0 saturated carbocycles. The summed E-state index contributed by atoms with van der Waals surface area (Å²) in [7, 11) is -1.47. The molecule has 0 N–H and O–H groups in total. The van der Waals surface area contributed by atoms with E-state index >= 15 is 0 Å². The van der Waals surface area contributed by atoms with Crippen LogP contribution in [0.2, 0.25) is 0 Å². The third-order valence-electron chi connectivity index (χ3n) is 4.88. The summed E-state index contributed by atoms with van der Waals surface area (Å²) in [6.07, 6.45) is 1.79. The highest BCUT2D eigenvalue weighted by atomic mass is 32.2. The third-order valence-corrected chi connectivity index (χ3v) is 6.58. The monoisotopic (exact) mass is 353 g/mol. The number of carbonyl (C=O) groups excluding carboxylic acids is 2. The van der Waals surface area contributed by atoms with Crippen LogP contribution in [0, 0.1) is 5.92 Å². The third kappa shape index (κ3) is 2.83. The van der Waals surface area contributed by atoms with Crippen LogP contribution in [0.3, 0.4) is 0 Å². The Hall–Kier alpha value is -1.83. The molecular weight excluding hydrogens is 330 g/mol. The maximum Gasteiger partial charge on any atom is 0.270 e. The van der Waals surface area contributed by atoms with E-state index in [0.717, 1.165) is 0 Å². The van der Waals surface area contributed by atoms with Gasteiger partial charge in [0.25, 0.3) is 5.91 Å². The van der Waals surface area contributed by atoms with E-state index in [1.807, 2.05) is 13.8 Å². The summed E-state index contributed by atoms with van der Waals surface area (Å²) in [6.45, 7) is 4.35. The lowest BCUT2D eigenvalue weighted by Crippen LogP contribution is -2.62. The number of hydrogen-bond donors (Lipinski definition) is 0. The van der Waals surface area contributed by atoms with Crippen LogP contribution in [0.5, 0.6) is 0 Å². The minimum absolute atomic E-state index is 0.0481. The van der Waals surface area contributed by atoms with Crippen molar-refractivity contribution < 1.29 is 18.0 Å². The molecule has 0 aliphatic carbocycles. The Morgan fingerprint density at radius 2 is 1.71 bits per heavy atom. The van der Waals surface area contributed by atoms with Crippen molar-refractivity contribution in [2.75, 3.05) is 24.6 Å². The van der Waals surface area contributed by atoms with Crippen LogP contribution >= 0.6 is 0 Å². The smallest absolute Gasteiger partial charge is 0.270 e. The molecule has 3 heterocycles. The Bertz CT molecular complexity index is 768. The zero-order valence-corrected chi connectivity index (χ0v) is 15.0. The summed E-state index contributed by atoms with van der Waals surface area (Å²) in [5.41, 5.74) is 0.529. The molecule has 0 spiro atoms. The Morgan fingerprint density at radius 1 is 1.12 bits per heavy atom. The molecule has 3 rings (SSSR count). The lowest BCUT2D eigenvalue weighted by Gasteiger charge is -2.44. The Balaban J connectivity index is 1.91. The van der Waals surface area contributed by atoms with Crippen molar-refractivity contribution in [2.24, 2.45) is 13.0 Å². The number of piperazine rings is 1. The molecule has 2 amide bonds. The molecule has 2 aliphatic rings. The molecular formula is C16H23N3O4S. The van der Waals surface area contributed by atoms with Gasteiger partial charge in [0.1, 0.15) is 5.69 Å². The maximum atomic E-state index is 12.9. The van der Waals surface area contributed by atoms with Gasteiger partial charge in [-0.3, -0.25) is 9.59 Å². The highest BCUT2D eigenvalue weighted by molar-refractivity contribution is 7.91. The number of carbonyl (C=O) groups is 2. The highest BCUT2D eigenvalue weighted by Crippen LogP contribution is 2.29. The van der Waals surface area contributed by atoms with Crippen LogP contribution in [-0.4, -0.2) is 71.3 Å². The van der Waals surface area contributed by atoms with Gasteiger partial charge < -0.3 is 14.4 Å². The number of rotatable bonds is 2. The van der Waals surface area contributed by atoms with Crippen molar-refractivity contribution in [3.8, 4) is 0 Å². The van der Waals surface area contributed by atoms with Crippen molar-refractivity contribution in [1.82, 2.24) is 14.4 Å². The van der Waals surface area contributed by atoms with E-state index in [4.69, 9.17) is 0 Å². The van der Waals surface area contributed by atoms with E-state index in [0.29, 0.717) is 18.8 Å². The van der Waals surface area contributed by atoms with Gasteiger partial charge in [-0.05, 0) is 12.1 Å². The second-order valence-corrected chi connectivity index (χ2v) is 9.05. The van der Waals surface area contributed by atoms with Crippen LogP contribution in [-0.2, 0) is 21.7 Å². The lowest BCUT2D eigenvalue weighted by molar-refractivity contribution is -0.139. The number of amides is 2. The molecule has 1 aromatic rings. The van der Waals surface area contributed by atoms with Crippen LogP contribution in [0.1, 0.15) is 24.3 Å². The second kappa shape index (κ2) is 5.91. The standard InChI is InChI=1S/C16H23N3O4S/c1-11(2)15(20)18-7-8-19(14-10-24(22,23)9-13(14)18)16(21)12-5-4-6-17(12)3/h4-6,11,13-14H,7-10H2,1-3H3/t13-,14+/m1/s1. The normalized spacial score (nSPS) is 25.8. The second-order valence-electron chi connectivity index (χ2n) is 6.90. The van der Waals surface area contributed by atoms with Gasteiger partial charge in [0.05, 0.1) is 23.6 Å². The molecule has 24 heavy (non-hydrogen) atoms. The first-order chi connectivity index (χ1) is 11.2. The molecule has 132 valence electrons. The zero-order chi connectivity index (χ0) is 17.6. The molecule has 2 saturated heterocycles. The summed E-state index contributed by atoms with van der Waals surface area (Å²) in [5, 5.41) is 0. The number of nitrogens with zero attached hydrogens (tertiary/aromatic N) is 3. The lowest BCUT2D eigenvalue weighted by atomic mass is 10.0. The fourth-order valence-corrected chi connectivity index (χ4v) is 5.62. The van der Waals surface area contributed by atoms with Gasteiger partial charge in [0, 0.05) is 32.3 Å². The van der Waals surface area contributed by atoms with E-state index in [9.17, 15) is 18.0 Å². The molecule has 0 aromatic carbocycles. The first-order valence-electron chi connectivity index (χ1n) is 8.14. The number of fused-ring (bicyclic) bond motifs is 1. The topological polar surface area (TPSA) is 79.7 Å². The SMILES string of the molecule is CC(C)C(=O)N1CCN(C(=O)c2cccn2C)[C@H]2CS(=O)(=O)C[C@H]21. The van der Waals surface area contributed by atoms with Gasteiger partial charge in [0.2, 0.25) is 5.91 Å². The molecule has 1 aromatic heterocycles. The predicted molar refractivity (Wildman–Crippen MR) is 89.2 cm³/mol. The zero-order valence-electron chi connectivity index (χ0n) is 14.2. The number of aromatic nitrogens is 1. The van der Waals surface area contributed by atoms with Crippen LogP contribution in [0.25, 0.3) is 0 Å². The Morgan fingerprint density at radius 3 is 2.25 bits per heavy atom. The fraction of sp³-hybridized carbons (Fsp3) is 0.625. The first-order valence-corrected chi connectivity index (χ1v) is 9.96. The van der Waals surface area contributed by atoms with Crippen LogP contribution < -0.4 is 0 Å². The van der Waals surface area contributed by atoms with Crippen LogP contribution in [0.4, 0.5) is 0 Å². The molecule has 0 unspecified atom stereocenters. The van der Waals surface area contributed by atoms with Crippen molar-refractivity contribution in [1.29, 1.82) is 0 Å². The summed E-state index contributed by atoms with van der Waals surface area (Å²) >= 11 is 0. The van der Waals surface area contributed by atoms with E-state index < -0.39 is 21.9 Å². The van der Waals surface area contributed by atoms with Gasteiger partial charge in [-0.15, -0.1) is 0 Å². The molecule has 2 atom stereocenters. The Kier molecular flexibility index (Phi) is 4.19. The van der Waals surface area contributed by atoms with E-state index in [1.54, 1.807) is 39.7 Å². The first kappa shape index (κ1) is 17.0. The van der Waals surface area contributed by atoms with Gasteiger partial charge in [-0.25, -0.2) is 8.42 Å². The van der Waals surface area contributed by atoms with Crippen molar-refractivity contribution in [3.63, 3.8) is 0 Å².